The smallest absolute Gasteiger partial charge is 0.141 e. The summed E-state index contributed by atoms with van der Waals surface area (Å²) in [6, 6.07) is 10.4. The topological polar surface area (TPSA) is 50.9 Å². The van der Waals surface area contributed by atoms with Gasteiger partial charge in [0.25, 0.3) is 0 Å². The molecular formula is C17H21N3OS. The Morgan fingerprint density at radius 3 is 2.91 bits per heavy atom. The number of nitrogens with zero attached hydrogens (tertiary/aromatic N) is 2. The predicted molar refractivity (Wildman–Crippen MR) is 92.3 cm³/mol. The maximum Gasteiger partial charge on any atom is 0.141 e. The minimum atomic E-state index is 0.396. The van der Waals surface area contributed by atoms with Gasteiger partial charge in [-0.2, -0.15) is 0 Å². The summed E-state index contributed by atoms with van der Waals surface area (Å²) in [4.78, 5) is 7.93. The Kier molecular flexibility index (Phi) is 4.45. The summed E-state index contributed by atoms with van der Waals surface area (Å²) < 4.78 is 5.53. The van der Waals surface area contributed by atoms with Crippen LogP contribution in [-0.4, -0.2) is 31.4 Å². The summed E-state index contributed by atoms with van der Waals surface area (Å²) >= 11 is 1.60. The Balaban J connectivity index is 1.95. The van der Waals surface area contributed by atoms with E-state index in [1.807, 2.05) is 29.6 Å². The number of benzene rings is 1. The van der Waals surface area contributed by atoms with Gasteiger partial charge >= 0.3 is 0 Å². The van der Waals surface area contributed by atoms with E-state index in [0.29, 0.717) is 11.9 Å². The zero-order valence-electron chi connectivity index (χ0n) is 13.0. The fraction of sp³-hybridized carbons (Fsp3) is 0.353. The third-order valence-electron chi connectivity index (χ3n) is 4.12. The molecule has 1 atom stereocenters. The maximum atomic E-state index is 6.09. The molecule has 0 aliphatic carbocycles. The van der Waals surface area contributed by atoms with Crippen LogP contribution in [0.25, 0.3) is 0 Å². The number of aliphatic imine (C=N–C) groups is 1. The van der Waals surface area contributed by atoms with Crippen LogP contribution in [-0.2, 0) is 0 Å². The average molecular weight is 315 g/mol. The lowest BCUT2D eigenvalue weighted by molar-refractivity contribution is 0.305. The quantitative estimate of drug-likeness (QED) is 0.693. The van der Waals surface area contributed by atoms with E-state index in [-0.39, 0.29) is 0 Å². The van der Waals surface area contributed by atoms with Crippen molar-refractivity contribution in [1.82, 2.24) is 4.90 Å². The Labute approximate surface area is 135 Å². The van der Waals surface area contributed by atoms with Crippen LogP contribution in [0.4, 0.5) is 5.69 Å². The summed E-state index contributed by atoms with van der Waals surface area (Å²) in [5.74, 6) is 1.48. The van der Waals surface area contributed by atoms with E-state index in [1.54, 1.807) is 18.4 Å². The van der Waals surface area contributed by atoms with Gasteiger partial charge in [0.1, 0.15) is 11.6 Å². The molecule has 1 aliphatic rings. The molecule has 1 fully saturated rings. The summed E-state index contributed by atoms with van der Waals surface area (Å²) in [5, 5.41) is 2.00. The lowest BCUT2D eigenvalue weighted by Crippen LogP contribution is -2.18. The zero-order valence-corrected chi connectivity index (χ0v) is 13.8. The van der Waals surface area contributed by atoms with Crippen molar-refractivity contribution in [3.63, 3.8) is 0 Å². The molecule has 0 spiro atoms. The second kappa shape index (κ2) is 6.50. The van der Waals surface area contributed by atoms with Crippen molar-refractivity contribution in [3.05, 3.63) is 46.2 Å². The second-order valence-electron chi connectivity index (χ2n) is 5.54. The highest BCUT2D eigenvalue weighted by Crippen LogP contribution is 2.38. The molecule has 1 aromatic heterocycles. The summed E-state index contributed by atoms with van der Waals surface area (Å²) in [7, 11) is 3.88. The molecule has 22 heavy (non-hydrogen) atoms. The van der Waals surface area contributed by atoms with Crippen molar-refractivity contribution in [1.29, 1.82) is 0 Å². The monoisotopic (exact) mass is 315 g/mol. The van der Waals surface area contributed by atoms with Crippen molar-refractivity contribution in [2.45, 2.75) is 18.9 Å². The summed E-state index contributed by atoms with van der Waals surface area (Å²) in [6.07, 6.45) is 2.37. The fourth-order valence-corrected chi connectivity index (χ4v) is 3.60. The van der Waals surface area contributed by atoms with Crippen molar-refractivity contribution in [2.75, 3.05) is 20.7 Å². The molecule has 3 rings (SSSR count). The van der Waals surface area contributed by atoms with Gasteiger partial charge in [0.15, 0.2) is 0 Å². The minimum absolute atomic E-state index is 0.396. The Hall–Kier alpha value is -1.85. The molecular weight excluding hydrogens is 294 g/mol. The van der Waals surface area contributed by atoms with Gasteiger partial charge in [-0.25, -0.2) is 4.99 Å². The number of thiophene rings is 1. The van der Waals surface area contributed by atoms with E-state index in [9.17, 15) is 0 Å². The molecule has 2 aromatic rings. The van der Waals surface area contributed by atoms with E-state index in [2.05, 4.69) is 23.0 Å². The normalized spacial score (nSPS) is 19.5. The van der Waals surface area contributed by atoms with E-state index in [4.69, 9.17) is 10.5 Å². The van der Waals surface area contributed by atoms with Crippen molar-refractivity contribution >= 4 is 22.9 Å². The first kappa shape index (κ1) is 15.1. The van der Waals surface area contributed by atoms with Crippen LogP contribution in [0.3, 0.4) is 0 Å². The number of likely N-dealkylation sites (tertiary alicyclic amines) is 1. The van der Waals surface area contributed by atoms with Crippen LogP contribution >= 0.6 is 11.3 Å². The molecule has 0 saturated carbocycles. The minimum Gasteiger partial charge on any atom is -0.496 e. The molecule has 1 saturated heterocycles. The van der Waals surface area contributed by atoms with Gasteiger partial charge in [-0.15, -0.1) is 11.3 Å². The van der Waals surface area contributed by atoms with E-state index >= 15 is 0 Å². The fourth-order valence-electron chi connectivity index (χ4n) is 2.97. The van der Waals surface area contributed by atoms with E-state index < -0.39 is 0 Å². The molecule has 4 nitrogen and oxygen atoms in total. The van der Waals surface area contributed by atoms with Crippen LogP contribution in [0.2, 0.25) is 0 Å². The van der Waals surface area contributed by atoms with Gasteiger partial charge in [0.2, 0.25) is 0 Å². The Morgan fingerprint density at radius 1 is 1.41 bits per heavy atom. The first-order chi connectivity index (χ1) is 10.7. The molecule has 1 aromatic carbocycles. The second-order valence-corrected chi connectivity index (χ2v) is 6.49. The van der Waals surface area contributed by atoms with Gasteiger partial charge in [-0.05, 0) is 56.1 Å². The molecule has 0 amide bonds. The van der Waals surface area contributed by atoms with Crippen molar-refractivity contribution < 1.29 is 4.74 Å². The number of nitrogens with two attached hydrogens (primary N) is 1. The largest absolute Gasteiger partial charge is 0.496 e. The zero-order chi connectivity index (χ0) is 15.5. The van der Waals surface area contributed by atoms with Crippen LogP contribution < -0.4 is 10.5 Å². The van der Waals surface area contributed by atoms with Gasteiger partial charge in [-0.3, -0.25) is 4.90 Å². The van der Waals surface area contributed by atoms with Gasteiger partial charge in [0, 0.05) is 11.6 Å². The SMILES string of the molecule is COc1ccc(N=C(N)c2cccs2)cc1C1CCCN1C. The molecule has 2 N–H and O–H groups in total. The number of rotatable bonds is 4. The summed E-state index contributed by atoms with van der Waals surface area (Å²) in [5.41, 5.74) is 8.17. The summed E-state index contributed by atoms with van der Waals surface area (Å²) in [6.45, 7) is 1.12. The van der Waals surface area contributed by atoms with Crippen LogP contribution in [0.5, 0.6) is 5.75 Å². The van der Waals surface area contributed by atoms with Gasteiger partial charge in [-0.1, -0.05) is 6.07 Å². The first-order valence-electron chi connectivity index (χ1n) is 7.45. The van der Waals surface area contributed by atoms with Crippen LogP contribution in [0.15, 0.2) is 40.7 Å². The van der Waals surface area contributed by atoms with Gasteiger partial charge in [0.05, 0.1) is 17.7 Å². The molecule has 1 aliphatic heterocycles. The average Bonchev–Trinajstić information content (AvgIpc) is 3.18. The highest BCUT2D eigenvalue weighted by Gasteiger charge is 2.25. The van der Waals surface area contributed by atoms with Crippen molar-refractivity contribution in [2.24, 2.45) is 10.7 Å². The Bertz CT molecular complexity index is 667. The third-order valence-corrected chi connectivity index (χ3v) is 5.01. The predicted octanol–water partition coefficient (Wildman–Crippen LogP) is 3.56. The Morgan fingerprint density at radius 2 is 2.27 bits per heavy atom. The molecule has 0 radical (unpaired) electrons. The molecule has 2 heterocycles. The third kappa shape index (κ3) is 3.00. The standard InChI is InChI=1S/C17H21N3OS/c1-20-9-3-5-14(20)13-11-12(7-8-15(13)21-2)19-17(18)16-6-4-10-22-16/h4,6-8,10-11,14H,3,5,9H2,1-2H3,(H2,18,19). The van der Waals surface area contributed by atoms with Gasteiger partial charge < -0.3 is 10.5 Å². The number of hydrogen-bond donors (Lipinski definition) is 1. The lowest BCUT2D eigenvalue weighted by atomic mass is 10.0. The van der Waals surface area contributed by atoms with Crippen LogP contribution in [0.1, 0.15) is 29.3 Å². The first-order valence-corrected chi connectivity index (χ1v) is 8.33. The number of methoxy groups -OCH3 is 1. The molecule has 1 unspecified atom stereocenters. The highest BCUT2D eigenvalue weighted by molar-refractivity contribution is 7.12. The number of ether oxygens (including phenoxy) is 1. The molecule has 0 bridgehead atoms. The lowest BCUT2D eigenvalue weighted by Gasteiger charge is -2.22. The highest BCUT2D eigenvalue weighted by atomic mass is 32.1. The molecule has 116 valence electrons. The van der Waals surface area contributed by atoms with E-state index in [0.717, 1.165) is 29.3 Å². The van der Waals surface area contributed by atoms with E-state index in [1.165, 1.54) is 12.0 Å². The van der Waals surface area contributed by atoms with Crippen molar-refractivity contribution in [3.8, 4) is 5.75 Å². The van der Waals surface area contributed by atoms with Crippen LogP contribution in [0, 0.1) is 0 Å². The number of hydrogen-bond acceptors (Lipinski definition) is 4. The maximum absolute atomic E-state index is 6.09. The number of amidine groups is 1. The molecule has 5 heteroatoms.